The molecule has 32 heavy (non-hydrogen) atoms. The molecule has 1 aliphatic rings. The van der Waals surface area contributed by atoms with Crippen LogP contribution in [0.2, 0.25) is 0 Å². The van der Waals surface area contributed by atoms with E-state index in [2.05, 4.69) is 0 Å². The van der Waals surface area contributed by atoms with E-state index in [0.717, 1.165) is 0 Å². The van der Waals surface area contributed by atoms with Crippen molar-refractivity contribution >= 4 is 22.2 Å². The predicted molar refractivity (Wildman–Crippen MR) is 64.8 cm³/mol. The van der Waals surface area contributed by atoms with Gasteiger partial charge in [-0.3, -0.25) is 0 Å². The molecule has 1 rings (SSSR count). The van der Waals surface area contributed by atoms with Crippen molar-refractivity contribution in [3.63, 3.8) is 0 Å². The van der Waals surface area contributed by atoms with Gasteiger partial charge >= 0.3 is 46.8 Å². The Morgan fingerprint density at radius 3 is 0.781 bits per heavy atom. The third-order valence-electron chi connectivity index (χ3n) is 3.55. The number of hydrogen-bond acceptors (Lipinski definition) is 4. The third-order valence-corrected chi connectivity index (χ3v) is 4.92. The van der Waals surface area contributed by atoms with E-state index in [4.69, 9.17) is 9.11 Å². The number of rotatable bonds is 6. The number of alkyl halides is 16. The topological polar surface area (TPSA) is 81.1 Å². The lowest BCUT2D eigenvalue weighted by molar-refractivity contribution is -0.573. The molecule has 0 saturated carbocycles. The van der Waals surface area contributed by atoms with Crippen LogP contribution in [0.1, 0.15) is 0 Å². The van der Waals surface area contributed by atoms with Gasteiger partial charge < -0.3 is 9.11 Å². The average molecular weight is 558 g/mol. The highest BCUT2D eigenvalue weighted by Gasteiger charge is 2.96. The zero-order chi connectivity index (χ0) is 26.3. The molecular weight excluding hydrogens is 556 g/mol. The summed E-state index contributed by atoms with van der Waals surface area (Å²) in [6, 6.07) is -48.1. The van der Waals surface area contributed by atoms with E-state index in [1.165, 1.54) is 0 Å². The van der Waals surface area contributed by atoms with Crippen molar-refractivity contribution in [1.29, 1.82) is 0 Å². The fourth-order valence-electron chi connectivity index (χ4n) is 2.07. The minimum absolute atomic E-state index is 4.40. The summed E-state index contributed by atoms with van der Waals surface area (Å²) in [6.07, 6.45) is 0. The van der Waals surface area contributed by atoms with Gasteiger partial charge in [0.05, 0.1) is 0 Å². The normalized spacial score (nSPS) is 26.6. The predicted octanol–water partition coefficient (Wildman–Crippen LogP) is 3.79. The van der Waals surface area contributed by atoms with Crippen LogP contribution < -0.4 is 0 Å². The van der Waals surface area contributed by atoms with Crippen LogP contribution in [0.3, 0.4) is 0 Å². The van der Waals surface area contributed by atoms with Crippen molar-refractivity contribution in [3.05, 3.63) is 0 Å². The molecule has 0 aromatic heterocycles. The molecule has 0 radical (unpaired) electrons. The molecule has 0 spiro atoms. The second-order valence-electron chi connectivity index (χ2n) is 5.45. The first-order valence-electron chi connectivity index (χ1n) is 6.47. The van der Waals surface area contributed by atoms with Gasteiger partial charge in [-0.2, -0.15) is 70.2 Å². The van der Waals surface area contributed by atoms with E-state index in [1.807, 2.05) is 0 Å². The molecule has 1 aliphatic heterocycles. The molecule has 0 aromatic rings. The van der Waals surface area contributed by atoms with E-state index in [0.29, 0.717) is 0 Å². The average Bonchev–Trinajstić information content (AvgIpc) is 2.50. The summed E-state index contributed by atoms with van der Waals surface area (Å²) in [5.74, 6) is 0. The fourth-order valence-corrected chi connectivity index (χ4v) is 2.67. The Labute approximate surface area is 167 Å². The quantitative estimate of drug-likeness (QED) is 0.294. The Kier molecular flexibility index (Phi) is 6.59. The smallest absolute Gasteiger partial charge is 0.301 e. The summed E-state index contributed by atoms with van der Waals surface area (Å²) in [5, 5.41) is -14.4. The van der Waals surface area contributed by atoms with E-state index in [-0.39, 0.29) is 0 Å². The Hall–Kier alpha value is -0.980. The number of hydrogen-bond donors (Lipinski definition) is 2. The number of halogens is 16. The number of piperazine rings is 1. The second-order valence-corrected chi connectivity index (χ2v) is 7.47. The zero-order valence-electron chi connectivity index (χ0n) is 13.5. The molecule has 2 unspecified atom stereocenters. The first kappa shape index (κ1) is 29.1. The molecule has 1 saturated heterocycles. The highest BCUT2D eigenvalue weighted by molar-refractivity contribution is 7.80. The van der Waals surface area contributed by atoms with E-state index < -0.39 is 78.7 Å². The molecule has 0 bridgehead atoms. The van der Waals surface area contributed by atoms with Crippen molar-refractivity contribution in [3.8, 4) is 0 Å². The summed E-state index contributed by atoms with van der Waals surface area (Å²) in [5.41, 5.74) is 0. The minimum Gasteiger partial charge on any atom is -0.301 e. The van der Waals surface area contributed by atoms with Gasteiger partial charge in [0.15, 0.2) is 0 Å². The molecule has 192 valence electrons. The first-order valence-corrected chi connectivity index (χ1v) is 8.69. The summed E-state index contributed by atoms with van der Waals surface area (Å²) in [6.45, 7) is 0. The van der Waals surface area contributed by atoms with Gasteiger partial charge in [-0.1, -0.05) is 0 Å². The molecule has 6 nitrogen and oxygen atoms in total. The molecule has 0 amide bonds. The first-order chi connectivity index (χ1) is 13.6. The van der Waals surface area contributed by atoms with Gasteiger partial charge in [0, 0.05) is 0 Å². The van der Waals surface area contributed by atoms with Crippen LogP contribution >= 0.6 is 0 Å². The Balaban J connectivity index is 4.06. The maximum Gasteiger partial charge on any atom is 0.421 e. The van der Waals surface area contributed by atoms with Crippen LogP contribution in [0.5, 0.6) is 0 Å². The Morgan fingerprint density at radius 1 is 0.500 bits per heavy atom. The van der Waals surface area contributed by atoms with Crippen LogP contribution in [0.4, 0.5) is 70.2 Å². The van der Waals surface area contributed by atoms with Gasteiger partial charge in [-0.25, -0.2) is 8.42 Å². The van der Waals surface area contributed by atoms with Crippen molar-refractivity contribution in [2.75, 3.05) is 0 Å². The SMILES string of the molecule is O=S(O)C(F)(F)C(F)(F)N1C(F)(F)C(F)(F)N(C(F)(F)C(F)(F)S(=O)O)C(F)(F)C1(F)F. The van der Waals surface area contributed by atoms with Crippen molar-refractivity contribution in [1.82, 2.24) is 9.80 Å². The third kappa shape index (κ3) is 3.31. The van der Waals surface area contributed by atoms with Crippen molar-refractivity contribution in [2.24, 2.45) is 0 Å². The molecule has 0 aromatic carbocycles. The van der Waals surface area contributed by atoms with Gasteiger partial charge in [0.1, 0.15) is 0 Å². The maximum atomic E-state index is 13.8. The lowest BCUT2D eigenvalue weighted by atomic mass is 10.1. The molecule has 1 fully saturated rings. The molecule has 1 heterocycles. The monoisotopic (exact) mass is 558 g/mol. The highest BCUT2D eigenvalue weighted by Crippen LogP contribution is 2.65. The Bertz CT molecular complexity index is 724. The van der Waals surface area contributed by atoms with Crippen LogP contribution in [0.15, 0.2) is 0 Å². The van der Waals surface area contributed by atoms with Gasteiger partial charge in [-0.05, 0) is 0 Å². The molecule has 2 N–H and O–H groups in total. The van der Waals surface area contributed by atoms with E-state index in [9.17, 15) is 78.7 Å². The second kappa shape index (κ2) is 7.26. The largest absolute Gasteiger partial charge is 0.421 e. The molecule has 2 atom stereocenters. The number of nitrogens with zero attached hydrogens (tertiary/aromatic N) is 2. The van der Waals surface area contributed by atoms with Crippen LogP contribution in [0, 0.1) is 0 Å². The van der Waals surface area contributed by atoms with Crippen LogP contribution in [-0.2, 0) is 22.2 Å². The minimum atomic E-state index is -8.08. The van der Waals surface area contributed by atoms with Gasteiger partial charge in [-0.15, -0.1) is 9.80 Å². The lowest BCUT2D eigenvalue weighted by Crippen LogP contribution is -2.88. The highest BCUT2D eigenvalue weighted by atomic mass is 32.2. The van der Waals surface area contributed by atoms with Crippen molar-refractivity contribution < 1.29 is 87.8 Å². The van der Waals surface area contributed by atoms with Gasteiger partial charge in [0.2, 0.25) is 22.2 Å². The summed E-state index contributed by atoms with van der Waals surface area (Å²) in [4.78, 5) is -8.80. The summed E-state index contributed by atoms with van der Waals surface area (Å²) < 4.78 is 253. The van der Waals surface area contributed by atoms with Crippen LogP contribution in [0.25, 0.3) is 0 Å². The zero-order valence-corrected chi connectivity index (χ0v) is 15.1. The Morgan fingerprint density at radius 2 is 0.656 bits per heavy atom. The van der Waals surface area contributed by atoms with Gasteiger partial charge in [0.25, 0.3) is 0 Å². The summed E-state index contributed by atoms with van der Waals surface area (Å²) in [7, 11) is 0. The van der Waals surface area contributed by atoms with E-state index >= 15 is 0 Å². The molecule has 24 heteroatoms. The lowest BCUT2D eigenvalue weighted by Gasteiger charge is -2.56. The molecular formula is C8H2F16N2O4S2. The maximum absolute atomic E-state index is 13.8. The summed E-state index contributed by atoms with van der Waals surface area (Å²) >= 11 is -11.1. The van der Waals surface area contributed by atoms with Crippen molar-refractivity contribution in [2.45, 2.75) is 46.8 Å². The van der Waals surface area contributed by atoms with E-state index in [1.54, 1.807) is 0 Å². The van der Waals surface area contributed by atoms with Crippen LogP contribution in [-0.4, -0.2) is 74.1 Å². The fraction of sp³-hybridized carbons (Fsp3) is 1.00. The standard InChI is InChI=1S/C8H2F16N2O4S2/c9-1(10)2(11,12)26(6(19,20)8(23,24)32(29)30)4(15,16)3(13,14)25(1)5(17,18)7(21,22)31(27)28/h(H,27,28)(H,29,30). The molecule has 0 aliphatic carbocycles.